The minimum absolute atomic E-state index is 0.886. The number of benzene rings is 8. The van der Waals surface area contributed by atoms with Gasteiger partial charge in [0.15, 0.2) is 0 Å². The first-order valence-corrected chi connectivity index (χ1v) is 15.0. The van der Waals surface area contributed by atoms with Crippen LogP contribution in [-0.2, 0) is 0 Å². The fourth-order valence-corrected chi connectivity index (χ4v) is 6.78. The number of hydrogen-bond donors (Lipinski definition) is 0. The number of hydrogen-bond acceptors (Lipinski definition) is 2. The Morgan fingerprint density at radius 3 is 1.82 bits per heavy atom. The second kappa shape index (κ2) is 9.86. The quantitative estimate of drug-likeness (QED) is 0.199. The predicted octanol–water partition coefficient (Wildman–Crippen LogP) is 12.2. The van der Waals surface area contributed by atoms with Crippen LogP contribution in [0.4, 0.5) is 17.1 Å². The minimum Gasteiger partial charge on any atom is -0.456 e. The summed E-state index contributed by atoms with van der Waals surface area (Å²) in [6.07, 6.45) is 0. The molecule has 0 aliphatic carbocycles. The number of nitrogens with zero attached hydrogens (tertiary/aromatic N) is 1. The van der Waals surface area contributed by atoms with Crippen molar-refractivity contribution < 1.29 is 4.42 Å². The maximum Gasteiger partial charge on any atom is 0.137 e. The van der Waals surface area contributed by atoms with Gasteiger partial charge in [-0.05, 0) is 85.9 Å². The summed E-state index contributed by atoms with van der Waals surface area (Å²) in [4.78, 5) is 2.29. The third kappa shape index (κ3) is 3.89. The van der Waals surface area contributed by atoms with Crippen LogP contribution in [-0.4, -0.2) is 0 Å². The molecule has 0 bridgehead atoms. The van der Waals surface area contributed by atoms with Gasteiger partial charge in [-0.15, -0.1) is 0 Å². The molecule has 1 aromatic heterocycles. The molecule has 0 fully saturated rings. The normalized spacial score (nSPS) is 11.6. The molecule has 9 aromatic rings. The molecule has 2 heteroatoms. The zero-order valence-electron chi connectivity index (χ0n) is 23.9. The molecule has 0 N–H and O–H groups in total. The molecule has 9 rings (SSSR count). The first kappa shape index (κ1) is 24.7. The van der Waals surface area contributed by atoms with E-state index in [1.54, 1.807) is 0 Å². The van der Waals surface area contributed by atoms with E-state index >= 15 is 0 Å². The standard InChI is InChI=1S/C42H27NO/c1-2-10-30(11-3-1)43(32-22-24-40-39-13-6-7-16-41(39)44-42(40)27-32)31-20-17-29(18-21-31)34-14-8-15-35-36(34)25-26-37-33-12-5-4-9-28(33)19-23-38(35)37/h1-27H. The van der Waals surface area contributed by atoms with Gasteiger partial charge in [-0.1, -0.05) is 115 Å². The number of fused-ring (bicyclic) bond motifs is 8. The molecule has 44 heavy (non-hydrogen) atoms. The van der Waals surface area contributed by atoms with Crippen LogP contribution in [0.2, 0.25) is 0 Å². The van der Waals surface area contributed by atoms with Crippen molar-refractivity contribution in [2.24, 2.45) is 0 Å². The lowest BCUT2D eigenvalue weighted by Crippen LogP contribution is -2.09. The number of furan rings is 1. The van der Waals surface area contributed by atoms with E-state index in [4.69, 9.17) is 4.42 Å². The monoisotopic (exact) mass is 561 g/mol. The van der Waals surface area contributed by atoms with Crippen LogP contribution in [0.1, 0.15) is 0 Å². The van der Waals surface area contributed by atoms with Crippen LogP contribution < -0.4 is 4.90 Å². The fourth-order valence-electron chi connectivity index (χ4n) is 6.78. The van der Waals surface area contributed by atoms with Gasteiger partial charge in [0, 0.05) is 33.9 Å². The molecule has 0 aliphatic heterocycles. The summed E-state index contributed by atoms with van der Waals surface area (Å²) >= 11 is 0. The molecular formula is C42H27NO. The van der Waals surface area contributed by atoms with Crippen molar-refractivity contribution >= 4 is 71.3 Å². The predicted molar refractivity (Wildman–Crippen MR) is 186 cm³/mol. The zero-order chi connectivity index (χ0) is 29.0. The highest BCUT2D eigenvalue weighted by atomic mass is 16.3. The third-order valence-electron chi connectivity index (χ3n) is 8.86. The van der Waals surface area contributed by atoms with E-state index in [0.717, 1.165) is 39.0 Å². The maximum absolute atomic E-state index is 6.26. The largest absolute Gasteiger partial charge is 0.456 e. The summed E-state index contributed by atoms with van der Waals surface area (Å²) in [6.45, 7) is 0. The number of para-hydroxylation sites is 2. The third-order valence-corrected chi connectivity index (χ3v) is 8.86. The van der Waals surface area contributed by atoms with Crippen LogP contribution in [0.3, 0.4) is 0 Å². The first-order valence-electron chi connectivity index (χ1n) is 15.0. The molecule has 0 aliphatic rings. The van der Waals surface area contributed by atoms with Crippen LogP contribution in [0.25, 0.3) is 65.4 Å². The second-order valence-corrected chi connectivity index (χ2v) is 11.3. The Hall–Kier alpha value is -5.86. The molecule has 0 amide bonds. The van der Waals surface area contributed by atoms with Gasteiger partial charge in [-0.25, -0.2) is 0 Å². The highest BCUT2D eigenvalue weighted by Crippen LogP contribution is 2.40. The lowest BCUT2D eigenvalue weighted by Gasteiger charge is -2.25. The van der Waals surface area contributed by atoms with E-state index in [1.165, 1.54) is 43.4 Å². The van der Waals surface area contributed by atoms with Crippen LogP contribution in [0.15, 0.2) is 168 Å². The summed E-state index contributed by atoms with van der Waals surface area (Å²) in [7, 11) is 0. The summed E-state index contributed by atoms with van der Waals surface area (Å²) in [5, 5.41) is 9.96. The highest BCUT2D eigenvalue weighted by molar-refractivity contribution is 6.19. The molecular weight excluding hydrogens is 534 g/mol. The smallest absolute Gasteiger partial charge is 0.137 e. The Morgan fingerprint density at radius 1 is 0.341 bits per heavy atom. The molecule has 2 nitrogen and oxygen atoms in total. The van der Waals surface area contributed by atoms with Crippen molar-refractivity contribution in [3.8, 4) is 11.1 Å². The van der Waals surface area contributed by atoms with Crippen LogP contribution in [0, 0.1) is 0 Å². The average molecular weight is 562 g/mol. The van der Waals surface area contributed by atoms with E-state index in [-0.39, 0.29) is 0 Å². The van der Waals surface area contributed by atoms with Gasteiger partial charge in [0.1, 0.15) is 11.2 Å². The van der Waals surface area contributed by atoms with E-state index in [2.05, 4.69) is 157 Å². The molecule has 0 saturated carbocycles. The molecule has 0 radical (unpaired) electrons. The second-order valence-electron chi connectivity index (χ2n) is 11.3. The topological polar surface area (TPSA) is 16.4 Å². The van der Waals surface area contributed by atoms with Crippen molar-refractivity contribution in [1.29, 1.82) is 0 Å². The molecule has 0 atom stereocenters. The van der Waals surface area contributed by atoms with Crippen LogP contribution in [0.5, 0.6) is 0 Å². The molecule has 0 unspecified atom stereocenters. The molecule has 0 spiro atoms. The van der Waals surface area contributed by atoms with E-state index in [0.29, 0.717) is 0 Å². The molecule has 1 heterocycles. The van der Waals surface area contributed by atoms with Crippen molar-refractivity contribution in [3.05, 3.63) is 164 Å². The number of rotatable bonds is 4. The molecule has 0 saturated heterocycles. The fraction of sp³-hybridized carbons (Fsp3) is 0. The SMILES string of the molecule is c1ccc(N(c2ccc(-c3cccc4c3ccc3c5ccccc5ccc43)cc2)c2ccc3c(c2)oc2ccccc23)cc1. The van der Waals surface area contributed by atoms with Crippen molar-refractivity contribution in [1.82, 2.24) is 0 Å². The summed E-state index contributed by atoms with van der Waals surface area (Å²) in [5.74, 6) is 0. The van der Waals surface area contributed by atoms with Gasteiger partial charge in [0.2, 0.25) is 0 Å². The van der Waals surface area contributed by atoms with Gasteiger partial charge >= 0.3 is 0 Å². The Balaban J connectivity index is 1.16. The Bertz CT molecular complexity index is 2490. The number of anilines is 3. The van der Waals surface area contributed by atoms with Crippen LogP contribution >= 0.6 is 0 Å². The van der Waals surface area contributed by atoms with Gasteiger partial charge in [0.25, 0.3) is 0 Å². The van der Waals surface area contributed by atoms with E-state index in [9.17, 15) is 0 Å². The Kier molecular flexibility index (Phi) is 5.54. The van der Waals surface area contributed by atoms with Crippen molar-refractivity contribution in [3.63, 3.8) is 0 Å². The Labute approximate surface area is 255 Å². The zero-order valence-corrected chi connectivity index (χ0v) is 23.9. The van der Waals surface area contributed by atoms with Gasteiger partial charge in [0.05, 0.1) is 0 Å². The maximum atomic E-state index is 6.26. The summed E-state index contributed by atoms with van der Waals surface area (Å²) < 4.78 is 6.26. The minimum atomic E-state index is 0.886. The molecule has 8 aromatic carbocycles. The van der Waals surface area contributed by atoms with E-state index < -0.39 is 0 Å². The van der Waals surface area contributed by atoms with Crippen molar-refractivity contribution in [2.45, 2.75) is 0 Å². The van der Waals surface area contributed by atoms with Crippen molar-refractivity contribution in [2.75, 3.05) is 4.90 Å². The Morgan fingerprint density at radius 2 is 0.932 bits per heavy atom. The first-order chi connectivity index (χ1) is 21.8. The highest BCUT2D eigenvalue weighted by Gasteiger charge is 2.16. The lowest BCUT2D eigenvalue weighted by atomic mass is 9.92. The van der Waals surface area contributed by atoms with Gasteiger partial charge in [-0.2, -0.15) is 0 Å². The average Bonchev–Trinajstić information content (AvgIpc) is 3.47. The van der Waals surface area contributed by atoms with Gasteiger partial charge in [-0.3, -0.25) is 0 Å². The lowest BCUT2D eigenvalue weighted by molar-refractivity contribution is 0.669. The van der Waals surface area contributed by atoms with Gasteiger partial charge < -0.3 is 9.32 Å². The molecule has 206 valence electrons. The summed E-state index contributed by atoms with van der Waals surface area (Å²) in [5.41, 5.74) is 7.47. The van der Waals surface area contributed by atoms with E-state index in [1.807, 2.05) is 12.1 Å². The summed E-state index contributed by atoms with van der Waals surface area (Å²) in [6, 6.07) is 58.5.